The van der Waals surface area contributed by atoms with Crippen molar-refractivity contribution in [2.45, 2.75) is 32.7 Å². The molecule has 0 aromatic heterocycles. The number of rotatable bonds is 6. The Balaban J connectivity index is 1.80. The molecule has 6 nitrogen and oxygen atoms in total. The number of benzene rings is 2. The predicted octanol–water partition coefficient (Wildman–Crippen LogP) is 4.56. The zero-order chi connectivity index (χ0) is 23.7. The van der Waals surface area contributed by atoms with Crippen LogP contribution in [0.25, 0.3) is 0 Å². The van der Waals surface area contributed by atoms with Gasteiger partial charge in [-0.15, -0.1) is 0 Å². The molecule has 170 valence electrons. The first-order valence-electron chi connectivity index (χ1n) is 11.1. The molecule has 1 aliphatic heterocycles. The number of amides is 3. The second-order valence-electron chi connectivity index (χ2n) is 8.45. The molecular weight excluding hydrogens is 440 g/mol. The van der Waals surface area contributed by atoms with Gasteiger partial charge in [0.25, 0.3) is 17.7 Å². The van der Waals surface area contributed by atoms with Gasteiger partial charge in [-0.1, -0.05) is 67.9 Å². The van der Waals surface area contributed by atoms with Gasteiger partial charge < -0.3 is 0 Å². The lowest BCUT2D eigenvalue weighted by Gasteiger charge is -2.36. The Kier molecular flexibility index (Phi) is 6.47. The summed E-state index contributed by atoms with van der Waals surface area (Å²) >= 11 is 5.98. The Morgan fingerprint density at radius 3 is 2.30 bits per heavy atom. The molecule has 1 saturated heterocycles. The number of fused-ring (bicyclic) bond motifs is 1. The molecule has 2 aromatic rings. The quantitative estimate of drug-likeness (QED) is 0.357. The van der Waals surface area contributed by atoms with Crippen LogP contribution in [0, 0.1) is 17.8 Å². The van der Waals surface area contributed by atoms with Crippen LogP contribution in [-0.2, 0) is 9.59 Å². The van der Waals surface area contributed by atoms with E-state index in [2.05, 4.69) is 0 Å². The zero-order valence-electron chi connectivity index (χ0n) is 18.5. The second kappa shape index (κ2) is 9.32. The van der Waals surface area contributed by atoms with Crippen molar-refractivity contribution in [3.63, 3.8) is 0 Å². The van der Waals surface area contributed by atoms with E-state index >= 15 is 0 Å². The molecule has 0 N–H and O–H groups in total. The van der Waals surface area contributed by atoms with Crippen LogP contribution in [0.2, 0.25) is 5.02 Å². The van der Waals surface area contributed by atoms with Gasteiger partial charge in [-0.3, -0.25) is 19.2 Å². The van der Waals surface area contributed by atoms with E-state index in [-0.39, 0.29) is 23.7 Å². The van der Waals surface area contributed by atoms with Crippen LogP contribution in [0.1, 0.15) is 47.4 Å². The molecule has 2 aromatic carbocycles. The van der Waals surface area contributed by atoms with Crippen molar-refractivity contribution >= 4 is 35.1 Å². The molecule has 1 aliphatic carbocycles. The van der Waals surface area contributed by atoms with E-state index in [0.717, 1.165) is 10.0 Å². The number of nitrogens with zero attached hydrogens (tertiary/aromatic N) is 2. The average Bonchev–Trinajstić information content (AvgIpc) is 3.08. The minimum atomic E-state index is -1.02. The second-order valence-corrected chi connectivity index (χ2v) is 8.89. The number of carbonyl (C=O) groups is 4. The predicted molar refractivity (Wildman–Crippen MR) is 124 cm³/mol. The van der Waals surface area contributed by atoms with E-state index in [9.17, 15) is 19.2 Å². The molecule has 0 unspecified atom stereocenters. The van der Waals surface area contributed by atoms with Gasteiger partial charge in [0.15, 0.2) is 5.78 Å². The number of halogens is 1. The van der Waals surface area contributed by atoms with E-state index < -0.39 is 35.6 Å². The largest absolute Gasteiger partial charge is 0.292 e. The van der Waals surface area contributed by atoms with Crippen LogP contribution in [-0.4, -0.2) is 39.6 Å². The van der Waals surface area contributed by atoms with Crippen LogP contribution in [0.5, 0.6) is 0 Å². The van der Waals surface area contributed by atoms with E-state index in [1.54, 1.807) is 49.4 Å². The minimum absolute atomic E-state index is 0.136. The molecule has 1 fully saturated rings. The number of hydrazine groups is 1. The monoisotopic (exact) mass is 464 g/mol. The maximum Gasteiger partial charge on any atom is 0.273 e. The Labute approximate surface area is 197 Å². The summed E-state index contributed by atoms with van der Waals surface area (Å²) in [5.74, 6) is -3.03. The van der Waals surface area contributed by atoms with Gasteiger partial charge in [-0.05, 0) is 43.0 Å². The number of Topliss-reactive ketones (excluding diaryl/α,β-unsaturated/α-hetero) is 1. The molecule has 4 rings (SSSR count). The minimum Gasteiger partial charge on any atom is -0.292 e. The van der Waals surface area contributed by atoms with Crippen molar-refractivity contribution in [3.8, 4) is 0 Å². The van der Waals surface area contributed by atoms with E-state index in [4.69, 9.17) is 11.6 Å². The summed E-state index contributed by atoms with van der Waals surface area (Å²) < 4.78 is 0. The lowest BCUT2D eigenvalue weighted by atomic mass is 9.78. The highest BCUT2D eigenvalue weighted by Crippen LogP contribution is 2.40. The number of ketones is 1. The summed E-state index contributed by atoms with van der Waals surface area (Å²) in [4.78, 5) is 54.2. The third-order valence-corrected chi connectivity index (χ3v) is 6.66. The van der Waals surface area contributed by atoms with Crippen LogP contribution in [0.3, 0.4) is 0 Å². The van der Waals surface area contributed by atoms with Crippen molar-refractivity contribution in [2.75, 3.05) is 0 Å². The number of carbonyl (C=O) groups excluding carboxylic acids is 4. The Bertz CT molecular complexity index is 1110. The van der Waals surface area contributed by atoms with Crippen molar-refractivity contribution in [1.82, 2.24) is 10.0 Å². The van der Waals surface area contributed by atoms with E-state index in [1.165, 1.54) is 12.1 Å². The highest BCUT2D eigenvalue weighted by Gasteiger charge is 2.54. The smallest absolute Gasteiger partial charge is 0.273 e. The Hall–Kier alpha value is -3.25. The molecular formula is C26H25ClN2O4. The summed E-state index contributed by atoms with van der Waals surface area (Å²) in [7, 11) is 0. The van der Waals surface area contributed by atoms with Crippen LogP contribution in [0.4, 0.5) is 0 Å². The third kappa shape index (κ3) is 4.11. The van der Waals surface area contributed by atoms with Gasteiger partial charge in [0.05, 0.1) is 11.8 Å². The van der Waals surface area contributed by atoms with E-state index in [0.29, 0.717) is 17.0 Å². The van der Waals surface area contributed by atoms with Gasteiger partial charge in [0.2, 0.25) is 0 Å². The maximum absolute atomic E-state index is 13.7. The fraction of sp³-hybridized carbons (Fsp3) is 0.308. The first-order chi connectivity index (χ1) is 15.8. The molecule has 1 heterocycles. The molecule has 3 amide bonds. The van der Waals surface area contributed by atoms with Gasteiger partial charge >= 0.3 is 0 Å². The maximum atomic E-state index is 13.7. The summed E-state index contributed by atoms with van der Waals surface area (Å²) in [6.07, 6.45) is 4.49. The van der Waals surface area contributed by atoms with Crippen LogP contribution >= 0.6 is 11.6 Å². The summed E-state index contributed by atoms with van der Waals surface area (Å²) in [6.45, 7) is 3.65. The molecule has 0 saturated carbocycles. The SMILES string of the molecule is CC[C@H](C(=O)c1ccccc1)N(C(=O)c1ccc(Cl)cc1)N1C(=O)[C@@H]2[C@@H](C)C=CC[C@H]2C1=O. The lowest BCUT2D eigenvalue weighted by molar-refractivity contribution is -0.156. The molecule has 0 radical (unpaired) electrons. The number of hydrogen-bond acceptors (Lipinski definition) is 4. The van der Waals surface area contributed by atoms with Crippen LogP contribution in [0.15, 0.2) is 66.7 Å². The molecule has 0 spiro atoms. The summed E-state index contributed by atoms with van der Waals surface area (Å²) in [5, 5.41) is 2.46. The topological polar surface area (TPSA) is 74.8 Å². The zero-order valence-corrected chi connectivity index (χ0v) is 19.2. The van der Waals surface area contributed by atoms with Crippen molar-refractivity contribution < 1.29 is 19.2 Å². The summed E-state index contributed by atoms with van der Waals surface area (Å²) in [5.41, 5.74) is 0.644. The average molecular weight is 465 g/mol. The van der Waals surface area contributed by atoms with E-state index in [1.807, 2.05) is 19.1 Å². The molecule has 2 aliphatic rings. The van der Waals surface area contributed by atoms with Gasteiger partial charge in [-0.2, -0.15) is 5.01 Å². The van der Waals surface area contributed by atoms with Crippen molar-refractivity contribution in [3.05, 3.63) is 82.9 Å². The molecule has 0 bridgehead atoms. The third-order valence-electron chi connectivity index (χ3n) is 6.41. The van der Waals surface area contributed by atoms with Crippen molar-refractivity contribution in [2.24, 2.45) is 17.8 Å². The van der Waals surface area contributed by atoms with Gasteiger partial charge in [0.1, 0.15) is 6.04 Å². The highest BCUT2D eigenvalue weighted by molar-refractivity contribution is 6.30. The molecule has 4 atom stereocenters. The number of allylic oxidation sites excluding steroid dienone is 2. The van der Waals surface area contributed by atoms with Gasteiger partial charge in [0, 0.05) is 16.1 Å². The Morgan fingerprint density at radius 1 is 1.03 bits per heavy atom. The van der Waals surface area contributed by atoms with Crippen LogP contribution < -0.4 is 0 Å². The Morgan fingerprint density at radius 2 is 1.70 bits per heavy atom. The first kappa shape index (κ1) is 22.9. The first-order valence-corrected chi connectivity index (χ1v) is 11.5. The fourth-order valence-electron chi connectivity index (χ4n) is 4.70. The standard InChI is InChI=1S/C26H25ClN2O4/c1-3-21(23(30)17-9-5-4-6-10-17)28(24(31)18-12-14-19(27)15-13-18)29-25(32)20-11-7-8-16(2)22(20)26(29)33/h4-10,12-16,20-22H,3,11H2,1-2H3/t16-,20+,21+,22+/m0/s1. The number of hydrogen-bond donors (Lipinski definition) is 0. The normalized spacial score (nSPS) is 22.8. The van der Waals surface area contributed by atoms with Crippen molar-refractivity contribution in [1.29, 1.82) is 0 Å². The fourth-order valence-corrected chi connectivity index (χ4v) is 4.83. The van der Waals surface area contributed by atoms with Gasteiger partial charge in [-0.25, -0.2) is 5.01 Å². The lowest BCUT2D eigenvalue weighted by Crippen LogP contribution is -2.57. The number of imide groups is 1. The summed E-state index contributed by atoms with van der Waals surface area (Å²) in [6, 6.07) is 13.7. The molecule has 33 heavy (non-hydrogen) atoms. The highest BCUT2D eigenvalue weighted by atomic mass is 35.5. The molecule has 7 heteroatoms.